The fourth-order valence-corrected chi connectivity index (χ4v) is 1.74. The Kier molecular flexibility index (Phi) is 6.50. The number of hydrogen-bond acceptors (Lipinski definition) is 5. The molecular weight excluding hydrogens is 212 g/mol. The first-order valence-corrected chi connectivity index (χ1v) is 6.12. The highest BCUT2D eigenvalue weighted by atomic mass is 32.1. The van der Waals surface area contributed by atoms with E-state index in [2.05, 4.69) is 10.3 Å². The summed E-state index contributed by atoms with van der Waals surface area (Å²) in [5, 5.41) is 5.28. The second-order valence-electron chi connectivity index (χ2n) is 2.95. The van der Waals surface area contributed by atoms with Gasteiger partial charge in [-0.25, -0.2) is 4.98 Å². The number of hydrogen-bond donors (Lipinski definition) is 1. The van der Waals surface area contributed by atoms with E-state index < -0.39 is 0 Å². The highest BCUT2D eigenvalue weighted by Crippen LogP contribution is 2.00. The van der Waals surface area contributed by atoms with E-state index in [1.54, 1.807) is 11.3 Å². The summed E-state index contributed by atoms with van der Waals surface area (Å²) in [5.74, 6) is 0. The molecule has 0 aliphatic carbocycles. The van der Waals surface area contributed by atoms with Crippen LogP contribution in [0, 0.1) is 0 Å². The zero-order valence-corrected chi connectivity index (χ0v) is 10.0. The van der Waals surface area contributed by atoms with E-state index in [1.807, 2.05) is 24.7 Å². The van der Waals surface area contributed by atoms with Crippen LogP contribution in [0.25, 0.3) is 0 Å². The SMILES string of the molecule is CCOC(CNCc1cscn1)OCC. The molecule has 15 heavy (non-hydrogen) atoms. The Bertz CT molecular complexity index is 236. The molecule has 0 fully saturated rings. The van der Waals surface area contributed by atoms with Crippen molar-refractivity contribution in [1.82, 2.24) is 10.3 Å². The number of nitrogens with zero attached hydrogens (tertiary/aromatic N) is 1. The molecule has 1 N–H and O–H groups in total. The van der Waals surface area contributed by atoms with Crippen LogP contribution < -0.4 is 5.32 Å². The molecule has 1 aromatic rings. The summed E-state index contributed by atoms with van der Waals surface area (Å²) in [7, 11) is 0. The summed E-state index contributed by atoms with van der Waals surface area (Å²) in [4.78, 5) is 4.18. The minimum absolute atomic E-state index is 0.154. The Balaban J connectivity index is 2.15. The predicted octanol–water partition coefficient (Wildman–Crippen LogP) is 1.63. The van der Waals surface area contributed by atoms with Gasteiger partial charge < -0.3 is 14.8 Å². The van der Waals surface area contributed by atoms with Gasteiger partial charge in [0.1, 0.15) is 0 Å². The first kappa shape index (κ1) is 12.6. The van der Waals surface area contributed by atoms with Crippen molar-refractivity contribution >= 4 is 11.3 Å². The van der Waals surface area contributed by atoms with E-state index in [-0.39, 0.29) is 6.29 Å². The number of nitrogens with one attached hydrogen (secondary N) is 1. The normalized spacial score (nSPS) is 11.1. The first-order valence-electron chi connectivity index (χ1n) is 5.17. The molecule has 1 heterocycles. The van der Waals surface area contributed by atoms with Gasteiger partial charge in [-0.05, 0) is 13.8 Å². The minimum atomic E-state index is -0.154. The molecule has 4 nitrogen and oxygen atoms in total. The number of aromatic nitrogens is 1. The van der Waals surface area contributed by atoms with Gasteiger partial charge >= 0.3 is 0 Å². The lowest BCUT2D eigenvalue weighted by Crippen LogP contribution is -2.31. The van der Waals surface area contributed by atoms with Gasteiger partial charge in [-0.2, -0.15) is 0 Å². The number of rotatable bonds is 8. The van der Waals surface area contributed by atoms with E-state index in [4.69, 9.17) is 9.47 Å². The Hall–Kier alpha value is -0.490. The highest BCUT2D eigenvalue weighted by molar-refractivity contribution is 7.07. The van der Waals surface area contributed by atoms with Crippen molar-refractivity contribution in [2.45, 2.75) is 26.7 Å². The smallest absolute Gasteiger partial charge is 0.169 e. The monoisotopic (exact) mass is 230 g/mol. The molecule has 5 heteroatoms. The topological polar surface area (TPSA) is 43.4 Å². The molecule has 0 amide bonds. The lowest BCUT2D eigenvalue weighted by molar-refractivity contribution is -0.133. The third kappa shape index (κ3) is 5.22. The zero-order chi connectivity index (χ0) is 10.9. The van der Waals surface area contributed by atoms with Crippen molar-refractivity contribution in [3.05, 3.63) is 16.6 Å². The summed E-state index contributed by atoms with van der Waals surface area (Å²) in [6.45, 7) is 6.73. The van der Waals surface area contributed by atoms with Gasteiger partial charge in [0.15, 0.2) is 6.29 Å². The van der Waals surface area contributed by atoms with E-state index in [9.17, 15) is 0 Å². The van der Waals surface area contributed by atoms with E-state index >= 15 is 0 Å². The molecule has 0 saturated carbocycles. The summed E-state index contributed by atoms with van der Waals surface area (Å²) in [6, 6.07) is 0. The second kappa shape index (κ2) is 7.76. The van der Waals surface area contributed by atoms with E-state index in [0.717, 1.165) is 12.2 Å². The van der Waals surface area contributed by atoms with Crippen molar-refractivity contribution in [1.29, 1.82) is 0 Å². The van der Waals surface area contributed by atoms with Crippen LogP contribution in [0.15, 0.2) is 10.9 Å². The number of thiazole rings is 1. The average Bonchev–Trinajstić information content (AvgIpc) is 2.71. The summed E-state index contributed by atoms with van der Waals surface area (Å²) in [5.41, 5.74) is 2.89. The fourth-order valence-electron chi connectivity index (χ4n) is 1.18. The van der Waals surface area contributed by atoms with Crippen molar-refractivity contribution in [3.8, 4) is 0 Å². The standard InChI is InChI=1S/C10H18N2O2S/c1-3-13-10(14-4-2)6-11-5-9-7-15-8-12-9/h7-8,10-11H,3-6H2,1-2H3. The van der Waals surface area contributed by atoms with Crippen molar-refractivity contribution in [2.75, 3.05) is 19.8 Å². The quantitative estimate of drug-likeness (QED) is 0.689. The Labute approximate surface area is 94.6 Å². The van der Waals surface area contributed by atoms with Crippen molar-refractivity contribution in [2.24, 2.45) is 0 Å². The van der Waals surface area contributed by atoms with Gasteiger partial charge in [0, 0.05) is 31.7 Å². The molecule has 0 aliphatic heterocycles. The summed E-state index contributed by atoms with van der Waals surface area (Å²) in [6.07, 6.45) is -0.154. The van der Waals surface area contributed by atoms with Crippen LogP contribution in [0.4, 0.5) is 0 Å². The minimum Gasteiger partial charge on any atom is -0.352 e. The number of ether oxygens (including phenoxy) is 2. The molecular formula is C10H18N2O2S. The van der Waals surface area contributed by atoms with E-state index in [0.29, 0.717) is 19.8 Å². The predicted molar refractivity (Wildman–Crippen MR) is 60.9 cm³/mol. The molecule has 0 unspecified atom stereocenters. The van der Waals surface area contributed by atoms with Crippen LogP contribution in [0.1, 0.15) is 19.5 Å². The van der Waals surface area contributed by atoms with Crippen molar-refractivity contribution in [3.63, 3.8) is 0 Å². The van der Waals surface area contributed by atoms with Crippen LogP contribution in [-0.2, 0) is 16.0 Å². The summed E-state index contributed by atoms with van der Waals surface area (Å²) < 4.78 is 10.8. The lowest BCUT2D eigenvalue weighted by Gasteiger charge is -2.16. The van der Waals surface area contributed by atoms with Crippen LogP contribution in [0.5, 0.6) is 0 Å². The van der Waals surface area contributed by atoms with Crippen LogP contribution in [-0.4, -0.2) is 31.0 Å². The van der Waals surface area contributed by atoms with Gasteiger partial charge in [-0.1, -0.05) is 0 Å². The third-order valence-electron chi connectivity index (χ3n) is 1.81. The molecule has 0 aromatic carbocycles. The molecule has 0 atom stereocenters. The second-order valence-corrected chi connectivity index (χ2v) is 3.67. The highest BCUT2D eigenvalue weighted by Gasteiger charge is 2.06. The van der Waals surface area contributed by atoms with Gasteiger partial charge in [0.25, 0.3) is 0 Å². The molecule has 0 bridgehead atoms. The molecule has 1 aromatic heterocycles. The zero-order valence-electron chi connectivity index (χ0n) is 9.23. The molecule has 0 saturated heterocycles. The van der Waals surface area contributed by atoms with Crippen molar-refractivity contribution < 1.29 is 9.47 Å². The molecule has 1 rings (SSSR count). The van der Waals surface area contributed by atoms with E-state index in [1.165, 1.54) is 0 Å². The van der Waals surface area contributed by atoms with Gasteiger partial charge in [0.2, 0.25) is 0 Å². The maximum atomic E-state index is 5.40. The van der Waals surface area contributed by atoms with Gasteiger partial charge in [-0.15, -0.1) is 11.3 Å². The average molecular weight is 230 g/mol. The fraction of sp³-hybridized carbons (Fsp3) is 0.700. The maximum Gasteiger partial charge on any atom is 0.169 e. The molecule has 0 aliphatic rings. The summed E-state index contributed by atoms with van der Waals surface area (Å²) >= 11 is 1.61. The largest absolute Gasteiger partial charge is 0.352 e. The molecule has 86 valence electrons. The lowest BCUT2D eigenvalue weighted by atomic mass is 10.4. The van der Waals surface area contributed by atoms with Gasteiger partial charge in [-0.3, -0.25) is 0 Å². The Morgan fingerprint density at radius 3 is 2.67 bits per heavy atom. The van der Waals surface area contributed by atoms with Crippen LogP contribution in [0.2, 0.25) is 0 Å². The Morgan fingerprint density at radius 2 is 2.13 bits per heavy atom. The van der Waals surface area contributed by atoms with Gasteiger partial charge in [0.05, 0.1) is 11.2 Å². The third-order valence-corrected chi connectivity index (χ3v) is 2.44. The van der Waals surface area contributed by atoms with Crippen LogP contribution >= 0.6 is 11.3 Å². The van der Waals surface area contributed by atoms with Crippen LogP contribution in [0.3, 0.4) is 0 Å². The molecule has 0 spiro atoms. The molecule has 0 radical (unpaired) electrons. The maximum absolute atomic E-state index is 5.40. The Morgan fingerprint density at radius 1 is 1.40 bits per heavy atom. The first-order chi connectivity index (χ1) is 7.36.